The maximum Gasteiger partial charge on any atom is 0.226 e. The quantitative estimate of drug-likeness (QED) is 0.580. The second kappa shape index (κ2) is 5.43. The molecule has 0 aliphatic heterocycles. The van der Waals surface area contributed by atoms with Crippen LogP contribution in [0.4, 0.5) is 0 Å². The van der Waals surface area contributed by atoms with Crippen LogP contribution in [0.15, 0.2) is 18.2 Å². The fourth-order valence-electron chi connectivity index (χ4n) is 1.26. The number of carbonyl (C=O) groups excluding carboxylic acids is 1. The lowest BCUT2D eigenvalue weighted by atomic mass is 10.1. The third kappa shape index (κ3) is 3.30. The van der Waals surface area contributed by atoms with Crippen LogP contribution in [-0.2, 0) is 11.2 Å². The molecule has 1 aromatic rings. The maximum atomic E-state index is 10.8. The number of hydrogen-bond donors (Lipinski definition) is 0. The highest BCUT2D eigenvalue weighted by molar-refractivity contribution is 6.63. The van der Waals surface area contributed by atoms with Gasteiger partial charge in [-0.2, -0.15) is 0 Å². The number of methoxy groups -OCH3 is 1. The third-order valence-electron chi connectivity index (χ3n) is 1.89. The summed E-state index contributed by atoms with van der Waals surface area (Å²) in [6, 6.07) is 5.44. The molecule has 15 heavy (non-hydrogen) atoms. The standard InChI is InChI=1S/C12H11ClO2/c1-3-4-9-5-6-10(8-12(13)14)11(7-9)15-2/h5-7H,8H2,1-2H3. The fourth-order valence-corrected chi connectivity index (χ4v) is 1.41. The van der Waals surface area contributed by atoms with Gasteiger partial charge in [-0.15, -0.1) is 5.92 Å². The summed E-state index contributed by atoms with van der Waals surface area (Å²) in [5.41, 5.74) is 1.64. The first kappa shape index (κ1) is 11.6. The van der Waals surface area contributed by atoms with Crippen molar-refractivity contribution in [1.29, 1.82) is 0 Å². The van der Waals surface area contributed by atoms with E-state index in [1.165, 1.54) is 0 Å². The minimum atomic E-state index is -0.400. The Hall–Kier alpha value is -1.46. The average Bonchev–Trinajstić information content (AvgIpc) is 2.20. The van der Waals surface area contributed by atoms with Crippen molar-refractivity contribution in [2.75, 3.05) is 7.11 Å². The van der Waals surface area contributed by atoms with Gasteiger partial charge < -0.3 is 4.74 Å². The molecule has 0 saturated carbocycles. The molecule has 1 rings (SSSR count). The molecule has 0 aliphatic carbocycles. The van der Waals surface area contributed by atoms with Crippen molar-refractivity contribution < 1.29 is 9.53 Å². The van der Waals surface area contributed by atoms with Crippen LogP contribution in [0, 0.1) is 11.8 Å². The second-order valence-corrected chi connectivity index (χ2v) is 3.36. The van der Waals surface area contributed by atoms with Gasteiger partial charge in [0.25, 0.3) is 0 Å². The highest BCUT2D eigenvalue weighted by atomic mass is 35.5. The SMILES string of the molecule is CC#Cc1ccc(CC(=O)Cl)c(OC)c1. The fraction of sp³-hybridized carbons (Fsp3) is 0.250. The van der Waals surface area contributed by atoms with Crippen molar-refractivity contribution in [2.24, 2.45) is 0 Å². The molecular weight excluding hydrogens is 212 g/mol. The van der Waals surface area contributed by atoms with Crippen LogP contribution in [0.25, 0.3) is 0 Å². The van der Waals surface area contributed by atoms with E-state index in [0.29, 0.717) is 5.75 Å². The first-order valence-corrected chi connectivity index (χ1v) is 4.83. The van der Waals surface area contributed by atoms with Crippen molar-refractivity contribution in [1.82, 2.24) is 0 Å². The molecule has 2 nitrogen and oxygen atoms in total. The van der Waals surface area contributed by atoms with Gasteiger partial charge in [0.2, 0.25) is 5.24 Å². The second-order valence-electron chi connectivity index (χ2n) is 2.93. The van der Waals surface area contributed by atoms with E-state index < -0.39 is 5.24 Å². The first-order chi connectivity index (χ1) is 7.17. The van der Waals surface area contributed by atoms with E-state index in [0.717, 1.165) is 11.1 Å². The molecule has 0 radical (unpaired) electrons. The zero-order chi connectivity index (χ0) is 11.3. The number of hydrogen-bond acceptors (Lipinski definition) is 2. The molecule has 0 unspecified atom stereocenters. The molecule has 0 amide bonds. The van der Waals surface area contributed by atoms with E-state index in [-0.39, 0.29) is 6.42 Å². The Morgan fingerprint density at radius 1 is 1.53 bits per heavy atom. The Labute approximate surface area is 94.2 Å². The van der Waals surface area contributed by atoms with Gasteiger partial charge in [-0.3, -0.25) is 4.79 Å². The van der Waals surface area contributed by atoms with Crippen molar-refractivity contribution >= 4 is 16.8 Å². The molecule has 0 N–H and O–H groups in total. The number of ether oxygens (including phenoxy) is 1. The van der Waals surface area contributed by atoms with Gasteiger partial charge in [0, 0.05) is 11.1 Å². The zero-order valence-corrected chi connectivity index (χ0v) is 9.39. The van der Waals surface area contributed by atoms with Crippen LogP contribution >= 0.6 is 11.6 Å². The topological polar surface area (TPSA) is 26.3 Å². The molecule has 3 heteroatoms. The van der Waals surface area contributed by atoms with Gasteiger partial charge in [-0.25, -0.2) is 0 Å². The Morgan fingerprint density at radius 3 is 2.80 bits per heavy atom. The molecule has 0 atom stereocenters. The normalized spacial score (nSPS) is 9.00. The summed E-state index contributed by atoms with van der Waals surface area (Å²) >= 11 is 5.32. The van der Waals surface area contributed by atoms with Crippen LogP contribution in [0.5, 0.6) is 5.75 Å². The molecule has 0 heterocycles. The monoisotopic (exact) mass is 222 g/mol. The summed E-state index contributed by atoms with van der Waals surface area (Å²) in [6.07, 6.45) is 0.171. The molecular formula is C12H11ClO2. The van der Waals surface area contributed by atoms with E-state index in [1.54, 1.807) is 26.2 Å². The molecule has 0 fully saturated rings. The minimum Gasteiger partial charge on any atom is -0.496 e. The summed E-state index contributed by atoms with van der Waals surface area (Å²) in [5, 5.41) is -0.400. The lowest BCUT2D eigenvalue weighted by Crippen LogP contribution is -1.97. The van der Waals surface area contributed by atoms with Crippen LogP contribution in [0.2, 0.25) is 0 Å². The predicted molar refractivity (Wildman–Crippen MR) is 60.1 cm³/mol. The first-order valence-electron chi connectivity index (χ1n) is 4.45. The van der Waals surface area contributed by atoms with Gasteiger partial charge in [0.1, 0.15) is 5.75 Å². The minimum absolute atomic E-state index is 0.171. The largest absolute Gasteiger partial charge is 0.496 e. The summed E-state index contributed by atoms with van der Waals surface area (Å²) in [5.74, 6) is 6.35. The smallest absolute Gasteiger partial charge is 0.226 e. The highest BCUT2D eigenvalue weighted by Crippen LogP contribution is 2.21. The summed E-state index contributed by atoms with van der Waals surface area (Å²) < 4.78 is 5.15. The van der Waals surface area contributed by atoms with Crippen molar-refractivity contribution in [2.45, 2.75) is 13.3 Å². The molecule has 0 aliphatic rings. The van der Waals surface area contributed by atoms with E-state index in [4.69, 9.17) is 16.3 Å². The number of halogens is 1. The van der Waals surface area contributed by atoms with Crippen LogP contribution in [0.1, 0.15) is 18.1 Å². The van der Waals surface area contributed by atoms with Crippen molar-refractivity contribution in [3.63, 3.8) is 0 Å². The Kier molecular flexibility index (Phi) is 4.20. The number of carbonyl (C=O) groups is 1. The number of rotatable bonds is 3. The third-order valence-corrected chi connectivity index (χ3v) is 2.02. The molecule has 78 valence electrons. The van der Waals surface area contributed by atoms with Crippen molar-refractivity contribution in [3.05, 3.63) is 29.3 Å². The van der Waals surface area contributed by atoms with Gasteiger partial charge >= 0.3 is 0 Å². The average molecular weight is 223 g/mol. The Morgan fingerprint density at radius 2 is 2.27 bits per heavy atom. The van der Waals surface area contributed by atoms with Gasteiger partial charge in [-0.1, -0.05) is 12.0 Å². The molecule has 0 aromatic heterocycles. The van der Waals surface area contributed by atoms with E-state index in [9.17, 15) is 4.79 Å². The Balaban J connectivity index is 3.06. The van der Waals surface area contributed by atoms with Gasteiger partial charge in [0.15, 0.2) is 0 Å². The van der Waals surface area contributed by atoms with E-state index in [1.807, 2.05) is 6.07 Å². The molecule has 0 bridgehead atoms. The zero-order valence-electron chi connectivity index (χ0n) is 8.63. The van der Waals surface area contributed by atoms with E-state index >= 15 is 0 Å². The predicted octanol–water partition coefficient (Wildman–Crippen LogP) is 2.37. The lowest BCUT2D eigenvalue weighted by Gasteiger charge is -2.06. The summed E-state index contributed by atoms with van der Waals surface area (Å²) in [6.45, 7) is 1.77. The summed E-state index contributed by atoms with van der Waals surface area (Å²) in [4.78, 5) is 10.8. The molecule has 0 spiro atoms. The van der Waals surface area contributed by atoms with Crippen LogP contribution in [0.3, 0.4) is 0 Å². The van der Waals surface area contributed by atoms with Crippen LogP contribution in [-0.4, -0.2) is 12.4 Å². The summed E-state index contributed by atoms with van der Waals surface area (Å²) in [7, 11) is 1.56. The Bertz CT molecular complexity index is 427. The van der Waals surface area contributed by atoms with Crippen LogP contribution < -0.4 is 4.74 Å². The van der Waals surface area contributed by atoms with E-state index in [2.05, 4.69) is 11.8 Å². The molecule has 1 aromatic carbocycles. The van der Waals surface area contributed by atoms with Gasteiger partial charge in [-0.05, 0) is 30.7 Å². The van der Waals surface area contributed by atoms with Gasteiger partial charge in [0.05, 0.1) is 13.5 Å². The number of benzene rings is 1. The maximum absolute atomic E-state index is 10.8. The molecule has 0 saturated heterocycles. The lowest BCUT2D eigenvalue weighted by molar-refractivity contribution is -0.111. The van der Waals surface area contributed by atoms with Crippen molar-refractivity contribution in [3.8, 4) is 17.6 Å². The highest BCUT2D eigenvalue weighted by Gasteiger charge is 2.06.